The number of nitrogens with zero attached hydrogens (tertiary/aromatic N) is 1. The van der Waals surface area contributed by atoms with Crippen LogP contribution in [0.2, 0.25) is 6.32 Å². The van der Waals surface area contributed by atoms with E-state index in [0.29, 0.717) is 18.9 Å². The number of nitrogens with two attached hydrogens (primary N) is 1. The largest absolute Gasteiger partial charge is 0.480 e. The first-order valence-electron chi connectivity index (χ1n) is 11.8. The number of rotatable bonds is 10. The zero-order valence-electron chi connectivity index (χ0n) is 18.2. The third-order valence-electron chi connectivity index (χ3n) is 7.26. The number of benzene rings is 1. The lowest BCUT2D eigenvalue weighted by Gasteiger charge is -2.41. The number of carboxylic acid groups (broad SMARTS) is 1. The Bertz CT molecular complexity index is 662. The van der Waals surface area contributed by atoms with Gasteiger partial charge in [-0.15, -0.1) is 0 Å². The van der Waals surface area contributed by atoms with Gasteiger partial charge in [-0.05, 0) is 55.6 Å². The summed E-state index contributed by atoms with van der Waals surface area (Å²) in [7, 11) is 2.14. The fraction of sp³-hybridized carbons (Fsp3) is 0.708. The molecule has 1 aromatic rings. The van der Waals surface area contributed by atoms with Crippen LogP contribution in [0.1, 0.15) is 75.3 Å². The molecule has 1 fully saturated rings. The molecule has 1 saturated carbocycles. The van der Waals surface area contributed by atoms with Crippen LogP contribution in [-0.2, 0) is 17.8 Å². The lowest BCUT2D eigenvalue weighted by molar-refractivity contribution is -0.144. The molecule has 2 unspecified atom stereocenters. The maximum atomic E-state index is 11.9. The summed E-state index contributed by atoms with van der Waals surface area (Å²) in [6.45, 7) is 2.15. The molecule has 0 spiro atoms. The van der Waals surface area contributed by atoms with Gasteiger partial charge in [-0.2, -0.15) is 0 Å². The molecule has 3 rings (SSSR count). The van der Waals surface area contributed by atoms with E-state index in [1.54, 1.807) is 0 Å². The topological polar surface area (TPSA) is 66.6 Å². The monoisotopic (exact) mass is 398 g/mol. The minimum absolute atomic E-state index is 0.403. The molecule has 160 valence electrons. The fourth-order valence-corrected chi connectivity index (χ4v) is 5.29. The van der Waals surface area contributed by atoms with E-state index in [0.717, 1.165) is 51.0 Å². The van der Waals surface area contributed by atoms with Crippen molar-refractivity contribution in [3.63, 3.8) is 0 Å². The number of hydrogen-bond acceptors (Lipinski definition) is 3. The second kappa shape index (κ2) is 10.6. The van der Waals surface area contributed by atoms with Gasteiger partial charge in [-0.1, -0.05) is 62.7 Å². The van der Waals surface area contributed by atoms with Crippen LogP contribution in [-0.4, -0.2) is 41.9 Å². The van der Waals surface area contributed by atoms with Gasteiger partial charge in [0.05, 0.1) is 0 Å². The van der Waals surface area contributed by atoms with E-state index in [9.17, 15) is 9.90 Å². The van der Waals surface area contributed by atoms with Crippen LogP contribution in [0.5, 0.6) is 0 Å². The van der Waals surface area contributed by atoms with Crippen molar-refractivity contribution in [1.29, 1.82) is 0 Å². The first kappa shape index (κ1) is 22.4. The van der Waals surface area contributed by atoms with Gasteiger partial charge in [0, 0.05) is 19.1 Å². The smallest absolute Gasteiger partial charge is 0.323 e. The summed E-state index contributed by atoms with van der Waals surface area (Å²) in [6.07, 6.45) is 12.9. The van der Waals surface area contributed by atoms with Crippen molar-refractivity contribution in [1.82, 2.24) is 4.90 Å². The van der Waals surface area contributed by atoms with Crippen molar-refractivity contribution in [2.24, 2.45) is 11.7 Å². The second-order valence-corrected chi connectivity index (χ2v) is 9.52. The van der Waals surface area contributed by atoms with Crippen LogP contribution in [0.25, 0.3) is 0 Å². The van der Waals surface area contributed by atoms with Gasteiger partial charge >= 0.3 is 5.97 Å². The number of hydrogen-bond donors (Lipinski definition) is 2. The zero-order valence-corrected chi connectivity index (χ0v) is 18.2. The molecule has 2 aliphatic rings. The molecule has 5 heteroatoms. The van der Waals surface area contributed by atoms with E-state index in [1.165, 1.54) is 43.2 Å². The van der Waals surface area contributed by atoms with Crippen LogP contribution in [0.4, 0.5) is 0 Å². The van der Waals surface area contributed by atoms with Crippen molar-refractivity contribution >= 4 is 13.8 Å². The Kier molecular flexibility index (Phi) is 8.20. The standard InChI is InChI=1S/C24H39BN2O2/c25-15-7-6-13-24(26,23(28)29)14-12-22-16-20-10-4-5-11-21(20)18-27(22)17-19-8-2-1-3-9-19/h4-5,10-11,19,22H,1-3,6-9,12-18,25-26H2,(H,28,29). The van der Waals surface area contributed by atoms with Crippen LogP contribution >= 0.6 is 0 Å². The van der Waals surface area contributed by atoms with Gasteiger partial charge < -0.3 is 10.8 Å². The molecule has 0 aromatic heterocycles. The van der Waals surface area contributed by atoms with Crippen LogP contribution in [0.3, 0.4) is 0 Å². The molecule has 1 aromatic carbocycles. The molecule has 29 heavy (non-hydrogen) atoms. The first-order chi connectivity index (χ1) is 14.0. The lowest BCUT2D eigenvalue weighted by Crippen LogP contribution is -2.50. The average molecular weight is 398 g/mol. The number of carbonyl (C=O) groups is 1. The Morgan fingerprint density at radius 1 is 1.14 bits per heavy atom. The van der Waals surface area contributed by atoms with Gasteiger partial charge in [0.15, 0.2) is 0 Å². The van der Waals surface area contributed by atoms with Crippen molar-refractivity contribution in [3.8, 4) is 0 Å². The Balaban J connectivity index is 1.68. The van der Waals surface area contributed by atoms with Crippen molar-refractivity contribution in [3.05, 3.63) is 35.4 Å². The highest BCUT2D eigenvalue weighted by Crippen LogP contribution is 2.32. The first-order valence-corrected chi connectivity index (χ1v) is 11.8. The van der Waals surface area contributed by atoms with Gasteiger partial charge in [0.1, 0.15) is 13.4 Å². The quantitative estimate of drug-likeness (QED) is 0.465. The van der Waals surface area contributed by atoms with E-state index in [2.05, 4.69) is 37.0 Å². The number of aliphatic carboxylic acids is 1. The van der Waals surface area contributed by atoms with Crippen molar-refractivity contribution < 1.29 is 9.90 Å². The molecule has 0 radical (unpaired) electrons. The average Bonchev–Trinajstić information content (AvgIpc) is 2.73. The highest BCUT2D eigenvalue weighted by atomic mass is 16.4. The zero-order chi connectivity index (χ0) is 20.7. The number of unbranched alkanes of at least 4 members (excludes halogenated alkanes) is 1. The Hall–Kier alpha value is -1.33. The van der Waals surface area contributed by atoms with E-state index in [4.69, 9.17) is 5.73 Å². The van der Waals surface area contributed by atoms with Gasteiger partial charge in [0.25, 0.3) is 0 Å². The SMILES string of the molecule is BCCCCC(N)(CCC1Cc2ccccc2CN1CC1CCCCC1)C(=O)O. The fourth-order valence-electron chi connectivity index (χ4n) is 5.29. The molecule has 1 aliphatic carbocycles. The third kappa shape index (κ3) is 6.08. The minimum atomic E-state index is -1.08. The Labute approximate surface area is 177 Å². The molecule has 4 nitrogen and oxygen atoms in total. The molecule has 0 saturated heterocycles. The third-order valence-corrected chi connectivity index (χ3v) is 7.26. The van der Waals surface area contributed by atoms with Crippen LogP contribution < -0.4 is 5.73 Å². The van der Waals surface area contributed by atoms with Gasteiger partial charge in [0.2, 0.25) is 0 Å². The Morgan fingerprint density at radius 3 is 2.55 bits per heavy atom. The molecule has 0 bridgehead atoms. The van der Waals surface area contributed by atoms with E-state index < -0.39 is 11.5 Å². The predicted molar refractivity (Wildman–Crippen MR) is 122 cm³/mol. The summed E-state index contributed by atoms with van der Waals surface area (Å²) in [5.74, 6) is -0.0354. The summed E-state index contributed by atoms with van der Waals surface area (Å²) in [5, 5.41) is 9.81. The maximum absolute atomic E-state index is 11.9. The highest BCUT2D eigenvalue weighted by molar-refractivity contribution is 6.08. The summed E-state index contributed by atoms with van der Waals surface area (Å²) in [6, 6.07) is 9.17. The van der Waals surface area contributed by atoms with Crippen LogP contribution in [0, 0.1) is 5.92 Å². The summed E-state index contributed by atoms with van der Waals surface area (Å²) >= 11 is 0. The second-order valence-electron chi connectivity index (χ2n) is 9.52. The summed E-state index contributed by atoms with van der Waals surface area (Å²) in [4.78, 5) is 14.6. The van der Waals surface area contributed by atoms with E-state index >= 15 is 0 Å². The van der Waals surface area contributed by atoms with Gasteiger partial charge in [-0.25, -0.2) is 0 Å². The molecule has 3 N–H and O–H groups in total. The number of fused-ring (bicyclic) bond motifs is 1. The minimum Gasteiger partial charge on any atom is -0.480 e. The molecular formula is C24H39BN2O2. The van der Waals surface area contributed by atoms with E-state index in [-0.39, 0.29) is 0 Å². The molecule has 0 amide bonds. The van der Waals surface area contributed by atoms with Crippen LogP contribution in [0.15, 0.2) is 24.3 Å². The lowest BCUT2D eigenvalue weighted by atomic mass is 9.82. The Morgan fingerprint density at radius 2 is 1.86 bits per heavy atom. The summed E-state index contributed by atoms with van der Waals surface area (Å²) in [5.41, 5.74) is 8.20. The highest BCUT2D eigenvalue weighted by Gasteiger charge is 2.36. The van der Waals surface area contributed by atoms with E-state index in [1.807, 2.05) is 0 Å². The normalized spacial score (nSPS) is 22.7. The maximum Gasteiger partial charge on any atom is 0.323 e. The predicted octanol–water partition coefficient (Wildman–Crippen LogP) is 3.78. The van der Waals surface area contributed by atoms with Gasteiger partial charge in [-0.3, -0.25) is 9.69 Å². The summed E-state index contributed by atoms with van der Waals surface area (Å²) < 4.78 is 0. The molecular weight excluding hydrogens is 359 g/mol. The molecule has 1 heterocycles. The number of carboxylic acids is 1. The van der Waals surface area contributed by atoms with Crippen molar-refractivity contribution in [2.75, 3.05) is 6.54 Å². The van der Waals surface area contributed by atoms with Crippen molar-refractivity contribution in [2.45, 2.75) is 95.1 Å². The molecule has 1 aliphatic heterocycles. The molecule has 2 atom stereocenters.